The summed E-state index contributed by atoms with van der Waals surface area (Å²) in [7, 11) is -3.92. The van der Waals surface area contributed by atoms with E-state index in [1.807, 2.05) is 4.72 Å². The molecule has 0 saturated heterocycles. The van der Waals surface area contributed by atoms with Crippen LogP contribution in [0.4, 0.5) is 5.82 Å². The maximum atomic E-state index is 13.3. The van der Waals surface area contributed by atoms with E-state index in [9.17, 15) is 22.8 Å². The summed E-state index contributed by atoms with van der Waals surface area (Å²) in [6.07, 6.45) is 3.83. The van der Waals surface area contributed by atoms with Gasteiger partial charge in [-0.15, -0.1) is 0 Å². The van der Waals surface area contributed by atoms with E-state index in [-0.39, 0.29) is 35.0 Å². The number of nitrogens with one attached hydrogen (secondary N) is 2. The minimum absolute atomic E-state index is 0.0480. The van der Waals surface area contributed by atoms with Crippen molar-refractivity contribution in [1.29, 1.82) is 0 Å². The number of H-pyrrole nitrogens is 1. The van der Waals surface area contributed by atoms with Crippen LogP contribution in [0.2, 0.25) is 0 Å². The van der Waals surface area contributed by atoms with Crippen LogP contribution in [0.15, 0.2) is 59.7 Å². The highest BCUT2D eigenvalue weighted by Gasteiger charge is 2.27. The van der Waals surface area contributed by atoms with Gasteiger partial charge in [0.25, 0.3) is 11.5 Å². The molecule has 1 amide bonds. The van der Waals surface area contributed by atoms with Crippen LogP contribution in [-0.2, 0) is 16.6 Å². The Hall–Kier alpha value is -4.25. The van der Waals surface area contributed by atoms with Crippen LogP contribution >= 0.6 is 0 Å². The van der Waals surface area contributed by atoms with E-state index >= 15 is 0 Å². The van der Waals surface area contributed by atoms with Gasteiger partial charge in [-0.25, -0.2) is 18.1 Å². The summed E-state index contributed by atoms with van der Waals surface area (Å²) in [6.45, 7) is 1.53. The first-order valence-corrected chi connectivity index (χ1v) is 12.0. The number of carbonyl (C=O) groups is 2. The normalized spacial score (nSPS) is 11.5. The third-order valence-electron chi connectivity index (χ3n) is 5.24. The fraction of sp³-hybridized carbons (Fsp3) is 0.130. The first kappa shape index (κ1) is 22.9. The van der Waals surface area contributed by atoms with Gasteiger partial charge in [-0.05, 0) is 55.0 Å². The number of aromatic nitrogens is 3. The lowest BCUT2D eigenvalue weighted by atomic mass is 10.0. The number of aromatic amines is 1. The fourth-order valence-corrected chi connectivity index (χ4v) is 4.29. The molecule has 11 heteroatoms. The van der Waals surface area contributed by atoms with Gasteiger partial charge in [-0.1, -0.05) is 0 Å². The van der Waals surface area contributed by atoms with Gasteiger partial charge < -0.3 is 15.3 Å². The third kappa shape index (κ3) is 4.46. The van der Waals surface area contributed by atoms with Crippen LogP contribution in [-0.4, -0.2) is 40.9 Å². The van der Waals surface area contributed by atoms with Gasteiger partial charge in [0.1, 0.15) is 11.5 Å². The van der Waals surface area contributed by atoms with Crippen molar-refractivity contribution in [1.82, 2.24) is 19.3 Å². The predicted molar refractivity (Wildman–Crippen MR) is 128 cm³/mol. The number of sulfonamides is 1. The number of nitrogens with two attached hydrogens (primary N) is 1. The number of carbonyl (C=O) groups excluding carboxylic acids is 2. The Bertz CT molecular complexity index is 1620. The van der Waals surface area contributed by atoms with E-state index in [1.54, 1.807) is 41.0 Å². The number of anilines is 1. The molecule has 0 aliphatic heterocycles. The molecule has 3 heterocycles. The number of Topliss-reactive ketones (excluding diaryl/α,β-unsaturated/α-hetero) is 1. The molecular formula is C23H21N5O5S. The van der Waals surface area contributed by atoms with Gasteiger partial charge in [0.15, 0.2) is 5.78 Å². The van der Waals surface area contributed by atoms with Crippen molar-refractivity contribution < 1.29 is 18.0 Å². The second-order valence-corrected chi connectivity index (χ2v) is 9.55. The number of hydrogen-bond acceptors (Lipinski definition) is 7. The Labute approximate surface area is 194 Å². The summed E-state index contributed by atoms with van der Waals surface area (Å²) in [5, 5.41) is 0.449. The molecule has 0 saturated carbocycles. The Balaban J connectivity index is 2.12. The highest BCUT2D eigenvalue weighted by atomic mass is 32.2. The minimum atomic E-state index is -3.92. The molecular weight excluding hydrogens is 458 g/mol. The molecule has 4 rings (SSSR count). The molecule has 0 bridgehead atoms. The maximum absolute atomic E-state index is 13.3. The van der Waals surface area contributed by atoms with Crippen LogP contribution in [0.25, 0.3) is 22.0 Å². The molecule has 0 radical (unpaired) electrons. The van der Waals surface area contributed by atoms with E-state index in [2.05, 4.69) is 9.97 Å². The van der Waals surface area contributed by atoms with Crippen LogP contribution in [0.5, 0.6) is 0 Å². The van der Waals surface area contributed by atoms with Crippen molar-refractivity contribution in [3.63, 3.8) is 0 Å². The number of rotatable bonds is 6. The summed E-state index contributed by atoms with van der Waals surface area (Å²) in [4.78, 5) is 44.7. The zero-order chi connectivity index (χ0) is 24.6. The number of fused-ring (bicyclic) bond motifs is 1. The van der Waals surface area contributed by atoms with Crippen molar-refractivity contribution in [2.45, 2.75) is 13.5 Å². The average Bonchev–Trinajstić information content (AvgIpc) is 3.06. The molecule has 10 nitrogen and oxygen atoms in total. The molecule has 0 atom stereocenters. The van der Waals surface area contributed by atoms with Crippen LogP contribution in [0.3, 0.4) is 0 Å². The molecule has 0 unspecified atom stereocenters. The van der Waals surface area contributed by atoms with Crippen LogP contribution in [0, 0.1) is 0 Å². The first-order chi connectivity index (χ1) is 16.0. The lowest BCUT2D eigenvalue weighted by molar-refractivity contribution is 0.0972. The summed E-state index contributed by atoms with van der Waals surface area (Å²) in [6, 6.07) is 11.3. The van der Waals surface area contributed by atoms with Crippen molar-refractivity contribution in [3.8, 4) is 11.1 Å². The van der Waals surface area contributed by atoms with Crippen molar-refractivity contribution in [2.75, 3.05) is 12.0 Å². The quantitative estimate of drug-likeness (QED) is 0.357. The lowest BCUT2D eigenvalue weighted by Crippen LogP contribution is -2.31. The average molecular weight is 480 g/mol. The SMILES string of the molecule is CC(=O)c1ccc2c(c1)c(-c1ccc[nH]c1=O)c(C(=O)NS(C)(=O)=O)n2Cc1ccnc(N)c1. The standard InChI is InChI=1S/C23H21N5O5S/c1-13(29)15-5-6-18-17(11-15)20(16-4-3-8-26-22(16)30)21(23(31)27-34(2,32)33)28(18)12-14-7-9-25-19(24)10-14/h3-11H,12H2,1-2H3,(H2,24,25)(H,26,30)(H,27,31). The maximum Gasteiger partial charge on any atom is 0.282 e. The predicted octanol–water partition coefficient (Wildman–Crippen LogP) is 1.91. The molecule has 0 spiro atoms. The Morgan fingerprint density at radius 3 is 2.59 bits per heavy atom. The first-order valence-electron chi connectivity index (χ1n) is 10.1. The summed E-state index contributed by atoms with van der Waals surface area (Å²) < 4.78 is 27.4. The Kier molecular flexibility index (Phi) is 5.80. The summed E-state index contributed by atoms with van der Waals surface area (Å²) in [5.74, 6) is -0.843. The molecule has 0 aliphatic carbocycles. The lowest BCUT2D eigenvalue weighted by Gasteiger charge is -2.12. The zero-order valence-corrected chi connectivity index (χ0v) is 19.1. The highest BCUT2D eigenvalue weighted by Crippen LogP contribution is 2.35. The van der Waals surface area contributed by atoms with E-state index < -0.39 is 21.5 Å². The highest BCUT2D eigenvalue weighted by molar-refractivity contribution is 7.89. The Morgan fingerprint density at radius 1 is 1.18 bits per heavy atom. The minimum Gasteiger partial charge on any atom is -0.384 e. The number of nitrogens with zero attached hydrogens (tertiary/aromatic N) is 2. The number of ketones is 1. The van der Waals surface area contributed by atoms with Crippen molar-refractivity contribution >= 4 is 38.4 Å². The number of amides is 1. The molecule has 34 heavy (non-hydrogen) atoms. The topological polar surface area (TPSA) is 157 Å². The molecule has 4 aromatic rings. The van der Waals surface area contributed by atoms with Gasteiger partial charge >= 0.3 is 0 Å². The van der Waals surface area contributed by atoms with Gasteiger partial charge in [-0.3, -0.25) is 14.4 Å². The second kappa shape index (κ2) is 8.60. The van der Waals surface area contributed by atoms with Crippen LogP contribution < -0.4 is 16.0 Å². The smallest absolute Gasteiger partial charge is 0.282 e. The largest absolute Gasteiger partial charge is 0.384 e. The van der Waals surface area contributed by atoms with Gasteiger partial charge in [0.2, 0.25) is 10.0 Å². The van der Waals surface area contributed by atoms with E-state index in [0.717, 1.165) is 6.26 Å². The molecule has 3 aromatic heterocycles. The van der Waals surface area contributed by atoms with E-state index in [4.69, 9.17) is 5.73 Å². The molecule has 0 aliphatic rings. The molecule has 4 N–H and O–H groups in total. The van der Waals surface area contributed by atoms with Crippen LogP contribution in [0.1, 0.15) is 33.3 Å². The van der Waals surface area contributed by atoms with E-state index in [1.165, 1.54) is 25.4 Å². The zero-order valence-electron chi connectivity index (χ0n) is 18.3. The van der Waals surface area contributed by atoms with Crippen molar-refractivity contribution in [3.05, 3.63) is 82.0 Å². The molecule has 1 aromatic carbocycles. The number of nitrogen functional groups attached to an aromatic ring is 1. The molecule has 174 valence electrons. The van der Waals surface area contributed by atoms with Gasteiger partial charge in [-0.2, -0.15) is 0 Å². The Morgan fingerprint density at radius 2 is 1.94 bits per heavy atom. The summed E-state index contributed by atoms with van der Waals surface area (Å²) in [5.41, 5.74) is 7.25. The van der Waals surface area contributed by atoms with Gasteiger partial charge in [0.05, 0.1) is 6.26 Å². The third-order valence-corrected chi connectivity index (χ3v) is 5.79. The number of hydrogen-bond donors (Lipinski definition) is 3. The van der Waals surface area contributed by atoms with E-state index in [0.29, 0.717) is 22.0 Å². The van der Waals surface area contributed by atoms with Crippen molar-refractivity contribution in [2.24, 2.45) is 0 Å². The fourth-order valence-electron chi connectivity index (χ4n) is 3.86. The number of benzene rings is 1. The monoisotopic (exact) mass is 479 g/mol. The molecule has 0 fully saturated rings. The second-order valence-electron chi connectivity index (χ2n) is 7.80. The number of pyridine rings is 2. The summed E-state index contributed by atoms with van der Waals surface area (Å²) >= 11 is 0. The van der Waals surface area contributed by atoms with Gasteiger partial charge in [0, 0.05) is 46.5 Å².